The van der Waals surface area contributed by atoms with E-state index in [1.54, 1.807) is 6.07 Å². The smallest absolute Gasteiger partial charge is 0.354 e. The van der Waals surface area contributed by atoms with Gasteiger partial charge in [0.1, 0.15) is 5.69 Å². The van der Waals surface area contributed by atoms with E-state index in [9.17, 15) is 4.79 Å². The Morgan fingerprint density at radius 3 is 2.67 bits per heavy atom. The van der Waals surface area contributed by atoms with E-state index in [0.29, 0.717) is 0 Å². The third kappa shape index (κ3) is 4.23. The first-order chi connectivity index (χ1) is 11.0. The summed E-state index contributed by atoms with van der Waals surface area (Å²) in [6.07, 6.45) is 0.803. The number of hydrogen-bond acceptors (Lipinski definition) is 4. The van der Waals surface area contributed by atoms with Crippen molar-refractivity contribution in [3.63, 3.8) is 0 Å². The molecule has 0 radical (unpaired) electrons. The van der Waals surface area contributed by atoms with Gasteiger partial charge >= 0.3 is 5.97 Å². The average Bonchev–Trinajstić information content (AvgIpc) is 2.46. The molecule has 0 aromatic carbocycles. The standard InChI is InChI=1S/C18H30N2O3Si/c1-13-11-16(17(21)22)19-15-7-8-20(12-14(13)15)9-10-23-24(5,6)18(2,3)4/h11H,7-10,12H2,1-6H3,(H,21,22). The highest BCUT2D eigenvalue weighted by Gasteiger charge is 2.37. The molecule has 0 saturated carbocycles. The van der Waals surface area contributed by atoms with Crippen LogP contribution >= 0.6 is 0 Å². The number of aromatic nitrogens is 1. The Morgan fingerprint density at radius 2 is 2.08 bits per heavy atom. The monoisotopic (exact) mass is 350 g/mol. The number of hydrogen-bond donors (Lipinski definition) is 1. The second kappa shape index (κ2) is 6.94. The van der Waals surface area contributed by atoms with Crippen molar-refractivity contribution in [1.82, 2.24) is 9.88 Å². The maximum atomic E-state index is 11.1. The van der Waals surface area contributed by atoms with Crippen LogP contribution in [0.4, 0.5) is 0 Å². The van der Waals surface area contributed by atoms with Gasteiger partial charge in [0.2, 0.25) is 0 Å². The van der Waals surface area contributed by atoms with Gasteiger partial charge in [-0.05, 0) is 42.2 Å². The van der Waals surface area contributed by atoms with Gasteiger partial charge in [-0.25, -0.2) is 9.78 Å². The van der Waals surface area contributed by atoms with E-state index in [-0.39, 0.29) is 10.7 Å². The predicted octanol–water partition coefficient (Wildman–Crippen LogP) is 3.47. The fraction of sp³-hybridized carbons (Fsp3) is 0.667. The largest absolute Gasteiger partial charge is 0.477 e. The Kier molecular flexibility index (Phi) is 5.52. The second-order valence-electron chi connectivity index (χ2n) is 8.19. The molecule has 1 aromatic heterocycles. The molecule has 1 N–H and O–H groups in total. The fourth-order valence-corrected chi connectivity index (χ4v) is 3.74. The van der Waals surface area contributed by atoms with Gasteiger partial charge in [0.05, 0.1) is 0 Å². The van der Waals surface area contributed by atoms with Gasteiger partial charge in [0.15, 0.2) is 8.32 Å². The first-order valence-electron chi connectivity index (χ1n) is 8.60. The summed E-state index contributed by atoms with van der Waals surface area (Å²) in [5.74, 6) is -0.953. The van der Waals surface area contributed by atoms with Gasteiger partial charge in [-0.15, -0.1) is 0 Å². The molecule has 134 valence electrons. The molecule has 0 amide bonds. The summed E-state index contributed by atoms with van der Waals surface area (Å²) in [7, 11) is -1.70. The van der Waals surface area contributed by atoms with E-state index in [4.69, 9.17) is 9.53 Å². The van der Waals surface area contributed by atoms with Gasteiger partial charge in [-0.1, -0.05) is 20.8 Å². The Balaban J connectivity index is 1.97. The van der Waals surface area contributed by atoms with Crippen LogP contribution < -0.4 is 0 Å². The summed E-state index contributed by atoms with van der Waals surface area (Å²) in [5, 5.41) is 9.37. The van der Waals surface area contributed by atoms with Crippen molar-refractivity contribution in [2.45, 2.75) is 58.8 Å². The minimum absolute atomic E-state index is 0.154. The van der Waals surface area contributed by atoms with Crippen LogP contribution in [0.1, 0.15) is 48.1 Å². The van der Waals surface area contributed by atoms with Crippen LogP contribution in [-0.2, 0) is 17.4 Å². The van der Waals surface area contributed by atoms with Crippen molar-refractivity contribution < 1.29 is 14.3 Å². The Labute approximate surface area is 146 Å². The topological polar surface area (TPSA) is 62.7 Å². The Hall–Kier alpha value is -1.24. The molecule has 1 aromatic rings. The molecular weight excluding hydrogens is 320 g/mol. The molecule has 0 unspecified atom stereocenters. The van der Waals surface area contributed by atoms with Crippen molar-refractivity contribution in [1.29, 1.82) is 0 Å². The highest BCUT2D eigenvalue weighted by Crippen LogP contribution is 2.36. The van der Waals surface area contributed by atoms with E-state index in [2.05, 4.69) is 43.7 Å². The lowest BCUT2D eigenvalue weighted by Crippen LogP contribution is -2.43. The lowest BCUT2D eigenvalue weighted by atomic mass is 10.00. The van der Waals surface area contributed by atoms with E-state index in [1.165, 1.54) is 5.56 Å². The van der Waals surface area contributed by atoms with Gasteiger partial charge in [-0.3, -0.25) is 4.90 Å². The maximum Gasteiger partial charge on any atom is 0.354 e. The SMILES string of the molecule is Cc1cc(C(=O)O)nc2c1CN(CCO[Si](C)(C)C(C)(C)C)CC2. The molecule has 2 heterocycles. The molecule has 0 saturated heterocycles. The van der Waals surface area contributed by atoms with Crippen LogP contribution in [0.25, 0.3) is 0 Å². The molecule has 1 aliphatic heterocycles. The molecule has 0 atom stereocenters. The maximum absolute atomic E-state index is 11.1. The molecule has 1 aliphatic rings. The van der Waals surface area contributed by atoms with E-state index in [0.717, 1.165) is 43.9 Å². The first kappa shape index (κ1) is 19.1. The molecular formula is C18H30N2O3Si. The van der Waals surface area contributed by atoms with Gasteiger partial charge in [0, 0.05) is 38.4 Å². The van der Waals surface area contributed by atoms with Crippen LogP contribution in [0, 0.1) is 6.92 Å². The lowest BCUT2D eigenvalue weighted by Gasteiger charge is -2.37. The minimum atomic E-state index is -1.70. The summed E-state index contributed by atoms with van der Waals surface area (Å²) in [5.41, 5.74) is 3.29. The quantitative estimate of drug-likeness (QED) is 0.824. The lowest BCUT2D eigenvalue weighted by molar-refractivity contribution is 0.0689. The normalized spacial score (nSPS) is 16.1. The van der Waals surface area contributed by atoms with Crippen molar-refractivity contribution >= 4 is 14.3 Å². The number of fused-ring (bicyclic) bond motifs is 1. The molecule has 2 rings (SSSR count). The highest BCUT2D eigenvalue weighted by atomic mass is 28.4. The summed E-state index contributed by atoms with van der Waals surface area (Å²) in [6.45, 7) is 16.7. The number of carboxylic acids is 1. The summed E-state index contributed by atoms with van der Waals surface area (Å²) in [6, 6.07) is 1.68. The van der Waals surface area contributed by atoms with Crippen molar-refractivity contribution in [3.05, 3.63) is 28.6 Å². The van der Waals surface area contributed by atoms with Gasteiger partial charge in [-0.2, -0.15) is 0 Å². The first-order valence-corrected chi connectivity index (χ1v) is 11.5. The van der Waals surface area contributed by atoms with Crippen molar-refractivity contribution in [3.8, 4) is 0 Å². The summed E-state index contributed by atoms with van der Waals surface area (Å²) < 4.78 is 6.27. The number of rotatable bonds is 5. The number of pyridine rings is 1. The van der Waals surface area contributed by atoms with Crippen molar-refractivity contribution in [2.24, 2.45) is 0 Å². The molecule has 0 spiro atoms. The summed E-state index contributed by atoms with van der Waals surface area (Å²) in [4.78, 5) is 17.8. The summed E-state index contributed by atoms with van der Waals surface area (Å²) >= 11 is 0. The fourth-order valence-electron chi connectivity index (χ4n) is 2.70. The minimum Gasteiger partial charge on any atom is -0.477 e. The van der Waals surface area contributed by atoms with Gasteiger partial charge < -0.3 is 9.53 Å². The molecule has 24 heavy (non-hydrogen) atoms. The number of carbonyl (C=O) groups is 1. The average molecular weight is 351 g/mol. The molecule has 0 aliphatic carbocycles. The Bertz CT molecular complexity index is 623. The molecule has 5 nitrogen and oxygen atoms in total. The third-order valence-corrected chi connectivity index (χ3v) is 9.91. The predicted molar refractivity (Wildman–Crippen MR) is 98.1 cm³/mol. The molecule has 0 fully saturated rings. The second-order valence-corrected chi connectivity index (χ2v) is 13.0. The van der Waals surface area contributed by atoms with Crippen LogP contribution in [0.3, 0.4) is 0 Å². The van der Waals surface area contributed by atoms with Crippen LogP contribution in [-0.4, -0.2) is 49.0 Å². The molecule has 0 bridgehead atoms. The van der Waals surface area contributed by atoms with E-state index < -0.39 is 14.3 Å². The van der Waals surface area contributed by atoms with E-state index in [1.807, 2.05) is 6.92 Å². The van der Waals surface area contributed by atoms with Crippen LogP contribution in [0.2, 0.25) is 18.1 Å². The van der Waals surface area contributed by atoms with Crippen molar-refractivity contribution in [2.75, 3.05) is 19.7 Å². The van der Waals surface area contributed by atoms with Gasteiger partial charge in [0.25, 0.3) is 0 Å². The zero-order chi connectivity index (χ0) is 18.1. The van der Waals surface area contributed by atoms with E-state index >= 15 is 0 Å². The zero-order valence-corrected chi connectivity index (χ0v) is 16.8. The Morgan fingerprint density at radius 1 is 1.42 bits per heavy atom. The molecule has 6 heteroatoms. The zero-order valence-electron chi connectivity index (χ0n) is 15.8. The highest BCUT2D eigenvalue weighted by molar-refractivity contribution is 6.74. The van der Waals surface area contributed by atoms with Crippen LogP contribution in [0.15, 0.2) is 6.07 Å². The number of carboxylic acid groups (broad SMARTS) is 1. The number of nitrogens with zero attached hydrogens (tertiary/aromatic N) is 2. The third-order valence-electron chi connectivity index (χ3n) is 5.38. The number of aryl methyl sites for hydroxylation is 1. The number of aromatic carboxylic acids is 1. The van der Waals surface area contributed by atoms with Crippen LogP contribution in [0.5, 0.6) is 0 Å².